The first-order valence-corrected chi connectivity index (χ1v) is 2.24. The van der Waals surface area contributed by atoms with Crippen LogP contribution in [0, 0.1) is 0 Å². The SMILES string of the molecule is O=P([O-])([O-])O.[Cu+].[Li+]. The van der Waals surface area contributed by atoms with Gasteiger partial charge < -0.3 is 19.2 Å². The van der Waals surface area contributed by atoms with E-state index in [1.807, 2.05) is 0 Å². The van der Waals surface area contributed by atoms with Gasteiger partial charge in [-0.05, 0) is 0 Å². The molecule has 0 saturated heterocycles. The molecule has 0 amide bonds. The third-order valence-electron chi connectivity index (χ3n) is 0. The molecular weight excluding hydrogens is 165 g/mol. The Labute approximate surface area is 63.2 Å². The van der Waals surface area contributed by atoms with E-state index in [2.05, 4.69) is 0 Å². The van der Waals surface area contributed by atoms with E-state index < -0.39 is 7.82 Å². The summed E-state index contributed by atoms with van der Waals surface area (Å²) in [5.74, 6) is 0. The number of rotatable bonds is 0. The Morgan fingerprint density at radius 3 is 1.43 bits per heavy atom. The normalized spacial score (nSPS) is 8.43. The average molecular weight is 166 g/mol. The molecule has 0 aromatic heterocycles. The summed E-state index contributed by atoms with van der Waals surface area (Å²) in [6.45, 7) is 0. The van der Waals surface area contributed by atoms with E-state index in [4.69, 9.17) is 19.2 Å². The second-order valence-corrected chi connectivity index (χ2v) is 1.41. The van der Waals surface area contributed by atoms with Crippen LogP contribution in [0.4, 0.5) is 0 Å². The first-order valence-electron chi connectivity index (χ1n) is 0.748. The Balaban J connectivity index is -0.0000000800. The molecule has 42 valence electrons. The van der Waals surface area contributed by atoms with Crippen LogP contribution in [0.3, 0.4) is 0 Å². The topological polar surface area (TPSA) is 83.4 Å². The minimum atomic E-state index is -5.14. The molecule has 0 spiro atoms. The molecule has 0 bridgehead atoms. The van der Waals surface area contributed by atoms with Crippen molar-refractivity contribution in [3.8, 4) is 0 Å². The zero-order chi connectivity index (χ0) is 4.50. The van der Waals surface area contributed by atoms with E-state index in [-0.39, 0.29) is 35.9 Å². The van der Waals surface area contributed by atoms with Crippen LogP contribution < -0.4 is 28.6 Å². The summed E-state index contributed by atoms with van der Waals surface area (Å²) in [5, 5.41) is 0. The van der Waals surface area contributed by atoms with Gasteiger partial charge in [0.1, 0.15) is 0 Å². The smallest absolute Gasteiger partial charge is 0.790 e. The fraction of sp³-hybridized carbons (Fsp3) is 0. The molecule has 0 atom stereocenters. The minimum absolute atomic E-state index is 0. The van der Waals surface area contributed by atoms with Crippen LogP contribution >= 0.6 is 7.82 Å². The van der Waals surface area contributed by atoms with Crippen molar-refractivity contribution >= 4 is 7.82 Å². The van der Waals surface area contributed by atoms with Gasteiger partial charge in [0.25, 0.3) is 0 Å². The van der Waals surface area contributed by atoms with Crippen molar-refractivity contribution in [1.29, 1.82) is 0 Å². The molecule has 0 heterocycles. The Bertz CT molecular complexity index is 57.8. The summed E-state index contributed by atoms with van der Waals surface area (Å²) < 4.78 is 8.66. The van der Waals surface area contributed by atoms with Gasteiger partial charge >= 0.3 is 35.9 Å². The first kappa shape index (κ1) is 15.7. The third-order valence-corrected chi connectivity index (χ3v) is 0. The summed E-state index contributed by atoms with van der Waals surface area (Å²) in [7, 11) is -5.14. The van der Waals surface area contributed by atoms with Crippen LogP contribution in [-0.4, -0.2) is 4.89 Å². The molecule has 0 unspecified atom stereocenters. The number of hydrogen-bond donors (Lipinski definition) is 1. The third kappa shape index (κ3) is 131. The Hall–Kier alpha value is 1.23. The standard InChI is InChI=1S/Cu.Li.H3O4P/c;;1-5(2,3)4/h;;(H3,1,2,3,4)/q2*+1;/p-2. The predicted octanol–water partition coefficient (Wildman–Crippen LogP) is -5.19. The van der Waals surface area contributed by atoms with Gasteiger partial charge in [-0.1, -0.05) is 0 Å². The fourth-order valence-corrected chi connectivity index (χ4v) is 0. The maximum atomic E-state index is 8.66. The van der Waals surface area contributed by atoms with Crippen LogP contribution in [0.15, 0.2) is 0 Å². The van der Waals surface area contributed by atoms with Crippen LogP contribution in [0.2, 0.25) is 0 Å². The molecule has 0 aromatic rings. The number of hydrogen-bond acceptors (Lipinski definition) is 3. The van der Waals surface area contributed by atoms with E-state index in [9.17, 15) is 0 Å². The Kier molecular flexibility index (Phi) is 12.1. The van der Waals surface area contributed by atoms with Gasteiger partial charge in [-0.2, -0.15) is 0 Å². The molecule has 0 aliphatic heterocycles. The van der Waals surface area contributed by atoms with Crippen LogP contribution in [0.5, 0.6) is 0 Å². The number of phosphoric acid groups is 1. The molecule has 0 fully saturated rings. The van der Waals surface area contributed by atoms with Crippen molar-refractivity contribution in [2.45, 2.75) is 0 Å². The molecule has 7 heavy (non-hydrogen) atoms. The van der Waals surface area contributed by atoms with Gasteiger partial charge in [-0.25, -0.2) is 0 Å². The van der Waals surface area contributed by atoms with Crippen molar-refractivity contribution in [1.82, 2.24) is 0 Å². The monoisotopic (exact) mass is 166 g/mol. The van der Waals surface area contributed by atoms with Crippen molar-refractivity contribution in [3.63, 3.8) is 0 Å². The molecule has 0 aromatic carbocycles. The summed E-state index contributed by atoms with van der Waals surface area (Å²) in [4.78, 5) is 24.3. The van der Waals surface area contributed by atoms with Gasteiger partial charge in [0.2, 0.25) is 0 Å². The maximum Gasteiger partial charge on any atom is 1.00 e. The summed E-state index contributed by atoms with van der Waals surface area (Å²) >= 11 is 0. The van der Waals surface area contributed by atoms with Crippen LogP contribution in [-0.2, 0) is 21.6 Å². The fourth-order valence-electron chi connectivity index (χ4n) is 0. The summed E-state index contributed by atoms with van der Waals surface area (Å²) in [6, 6.07) is 0. The predicted molar refractivity (Wildman–Crippen MR) is 9.83 cm³/mol. The Morgan fingerprint density at radius 1 is 1.43 bits per heavy atom. The van der Waals surface area contributed by atoms with Gasteiger partial charge in [0.05, 0.1) is 7.82 Å². The molecule has 0 rings (SSSR count). The summed E-state index contributed by atoms with van der Waals surface area (Å²) in [5.41, 5.74) is 0. The first-order chi connectivity index (χ1) is 2.00. The minimum Gasteiger partial charge on any atom is -0.790 e. The molecule has 0 aliphatic carbocycles. The zero-order valence-electron chi connectivity index (χ0n) is 3.42. The summed E-state index contributed by atoms with van der Waals surface area (Å²) in [6.07, 6.45) is 0. The average Bonchev–Trinajstić information content (AvgIpc) is 0.722. The van der Waals surface area contributed by atoms with Gasteiger partial charge in [0, 0.05) is 0 Å². The van der Waals surface area contributed by atoms with E-state index in [0.29, 0.717) is 0 Å². The molecular formula is HCuLiO4P. The van der Waals surface area contributed by atoms with Gasteiger partial charge in [-0.3, -0.25) is 0 Å². The van der Waals surface area contributed by atoms with Crippen molar-refractivity contribution < 1.29 is 55.2 Å². The quantitative estimate of drug-likeness (QED) is 0.288. The van der Waals surface area contributed by atoms with E-state index in [1.165, 1.54) is 0 Å². The molecule has 7 heteroatoms. The molecule has 0 aliphatic rings. The van der Waals surface area contributed by atoms with Crippen molar-refractivity contribution in [2.24, 2.45) is 0 Å². The second kappa shape index (κ2) is 5.37. The zero-order valence-corrected chi connectivity index (χ0v) is 5.26. The second-order valence-electron chi connectivity index (χ2n) is 0.469. The van der Waals surface area contributed by atoms with Gasteiger partial charge in [0.15, 0.2) is 0 Å². The molecule has 0 radical (unpaired) electrons. The van der Waals surface area contributed by atoms with E-state index >= 15 is 0 Å². The van der Waals surface area contributed by atoms with Gasteiger partial charge in [-0.15, -0.1) is 0 Å². The Morgan fingerprint density at radius 2 is 1.43 bits per heavy atom. The van der Waals surface area contributed by atoms with E-state index in [1.54, 1.807) is 0 Å². The van der Waals surface area contributed by atoms with Crippen molar-refractivity contribution in [3.05, 3.63) is 0 Å². The largest absolute Gasteiger partial charge is 1.00 e. The molecule has 1 N–H and O–H groups in total. The van der Waals surface area contributed by atoms with E-state index in [0.717, 1.165) is 0 Å². The molecule has 4 nitrogen and oxygen atoms in total. The van der Waals surface area contributed by atoms with Crippen molar-refractivity contribution in [2.75, 3.05) is 0 Å². The maximum absolute atomic E-state index is 8.66. The van der Waals surface area contributed by atoms with Crippen LogP contribution in [0.25, 0.3) is 0 Å². The molecule has 0 saturated carbocycles. The van der Waals surface area contributed by atoms with Crippen LogP contribution in [0.1, 0.15) is 0 Å².